The topological polar surface area (TPSA) is 43.4 Å². The molecule has 0 amide bonds. The van der Waals surface area contributed by atoms with E-state index in [9.17, 15) is 9.59 Å². The lowest BCUT2D eigenvalue weighted by Gasteiger charge is -2.08. The van der Waals surface area contributed by atoms with Crippen LogP contribution in [0.5, 0.6) is 0 Å². The molecule has 2 rings (SSSR count). The molecule has 2 aromatic carbocycles. The predicted octanol–water partition coefficient (Wildman–Crippen LogP) is 4.11. The van der Waals surface area contributed by atoms with Gasteiger partial charge in [-0.05, 0) is 37.6 Å². The fourth-order valence-corrected chi connectivity index (χ4v) is 2.31. The molecule has 0 fully saturated rings. The van der Waals surface area contributed by atoms with Crippen molar-refractivity contribution in [2.24, 2.45) is 0 Å². The highest BCUT2D eigenvalue weighted by molar-refractivity contribution is 9.10. The molecule has 21 heavy (non-hydrogen) atoms. The van der Waals surface area contributed by atoms with E-state index in [2.05, 4.69) is 15.9 Å². The predicted molar refractivity (Wildman–Crippen MR) is 84.7 cm³/mol. The SMILES string of the molecule is Cc1ccc(C)c(C(=O)OCC(=O)c2cccc(Br)c2)c1. The first-order valence-electron chi connectivity index (χ1n) is 6.50. The highest BCUT2D eigenvalue weighted by Crippen LogP contribution is 2.14. The summed E-state index contributed by atoms with van der Waals surface area (Å²) >= 11 is 3.30. The molecule has 0 spiro atoms. The standard InChI is InChI=1S/C17H15BrO3/c1-11-6-7-12(2)15(8-11)17(20)21-10-16(19)13-4-3-5-14(18)9-13/h3-9H,10H2,1-2H3. The minimum Gasteiger partial charge on any atom is -0.454 e. The van der Waals surface area contributed by atoms with Gasteiger partial charge in [-0.1, -0.05) is 45.8 Å². The van der Waals surface area contributed by atoms with E-state index in [0.29, 0.717) is 11.1 Å². The third-order valence-corrected chi connectivity index (χ3v) is 3.59. The van der Waals surface area contributed by atoms with Gasteiger partial charge in [-0.2, -0.15) is 0 Å². The van der Waals surface area contributed by atoms with Crippen molar-refractivity contribution in [2.45, 2.75) is 13.8 Å². The van der Waals surface area contributed by atoms with Crippen LogP contribution < -0.4 is 0 Å². The monoisotopic (exact) mass is 346 g/mol. The minimum absolute atomic E-state index is 0.227. The van der Waals surface area contributed by atoms with Gasteiger partial charge in [0.05, 0.1) is 5.56 Å². The second kappa shape index (κ2) is 6.68. The van der Waals surface area contributed by atoms with Crippen LogP contribution in [-0.2, 0) is 4.74 Å². The molecule has 0 aliphatic rings. The lowest BCUT2D eigenvalue weighted by Crippen LogP contribution is -2.15. The Balaban J connectivity index is 2.04. The third kappa shape index (κ3) is 4.02. The van der Waals surface area contributed by atoms with Gasteiger partial charge in [-0.3, -0.25) is 4.79 Å². The van der Waals surface area contributed by atoms with Crippen LogP contribution in [0.15, 0.2) is 46.9 Å². The summed E-state index contributed by atoms with van der Waals surface area (Å²) in [4.78, 5) is 24.0. The van der Waals surface area contributed by atoms with Crippen LogP contribution in [0.1, 0.15) is 31.8 Å². The maximum Gasteiger partial charge on any atom is 0.338 e. The Kier molecular flexibility index (Phi) is 4.91. The van der Waals surface area contributed by atoms with Crippen molar-refractivity contribution in [3.8, 4) is 0 Å². The minimum atomic E-state index is -0.473. The van der Waals surface area contributed by atoms with Crippen LogP contribution in [0.25, 0.3) is 0 Å². The number of benzene rings is 2. The molecule has 0 unspecified atom stereocenters. The Labute approximate surface area is 132 Å². The summed E-state index contributed by atoms with van der Waals surface area (Å²) < 4.78 is 5.93. The van der Waals surface area contributed by atoms with Crippen molar-refractivity contribution in [2.75, 3.05) is 6.61 Å². The van der Waals surface area contributed by atoms with Crippen LogP contribution in [0.3, 0.4) is 0 Å². The summed E-state index contributed by atoms with van der Waals surface area (Å²) in [6.07, 6.45) is 0. The maximum absolute atomic E-state index is 12.0. The zero-order valence-electron chi connectivity index (χ0n) is 11.9. The first-order chi connectivity index (χ1) is 9.97. The van der Waals surface area contributed by atoms with E-state index in [1.54, 1.807) is 24.3 Å². The highest BCUT2D eigenvalue weighted by atomic mass is 79.9. The number of hydrogen-bond donors (Lipinski definition) is 0. The molecule has 0 atom stereocenters. The number of carbonyl (C=O) groups excluding carboxylic acids is 2. The van der Waals surface area contributed by atoms with E-state index in [1.165, 1.54) is 0 Å². The molecular weight excluding hydrogens is 332 g/mol. The first-order valence-corrected chi connectivity index (χ1v) is 7.30. The fraction of sp³-hybridized carbons (Fsp3) is 0.176. The van der Waals surface area contributed by atoms with E-state index in [0.717, 1.165) is 15.6 Å². The first kappa shape index (κ1) is 15.4. The van der Waals surface area contributed by atoms with Gasteiger partial charge in [0.25, 0.3) is 0 Å². The van der Waals surface area contributed by atoms with Gasteiger partial charge in [0.1, 0.15) is 0 Å². The second-order valence-electron chi connectivity index (χ2n) is 4.83. The van der Waals surface area contributed by atoms with E-state index in [1.807, 2.05) is 32.0 Å². The van der Waals surface area contributed by atoms with Crippen LogP contribution in [0.2, 0.25) is 0 Å². The molecule has 0 saturated carbocycles. The second-order valence-corrected chi connectivity index (χ2v) is 5.74. The van der Waals surface area contributed by atoms with Gasteiger partial charge < -0.3 is 4.74 Å². The summed E-state index contributed by atoms with van der Waals surface area (Å²) in [5.74, 6) is -0.700. The zero-order chi connectivity index (χ0) is 15.4. The number of halogens is 1. The van der Waals surface area contributed by atoms with Crippen molar-refractivity contribution < 1.29 is 14.3 Å². The Morgan fingerprint density at radius 2 is 1.86 bits per heavy atom. The molecule has 0 heterocycles. The van der Waals surface area contributed by atoms with Crippen LogP contribution in [-0.4, -0.2) is 18.4 Å². The van der Waals surface area contributed by atoms with E-state index >= 15 is 0 Å². The molecule has 0 bridgehead atoms. The molecule has 2 aromatic rings. The molecule has 3 nitrogen and oxygen atoms in total. The maximum atomic E-state index is 12.0. The molecule has 0 radical (unpaired) electrons. The number of Topliss-reactive ketones (excluding diaryl/α,β-unsaturated/α-hetero) is 1. The molecule has 108 valence electrons. The van der Waals surface area contributed by atoms with Gasteiger partial charge in [-0.15, -0.1) is 0 Å². The Bertz CT molecular complexity index is 692. The lowest BCUT2D eigenvalue weighted by atomic mass is 10.1. The van der Waals surface area contributed by atoms with Gasteiger partial charge in [0, 0.05) is 10.0 Å². The van der Waals surface area contributed by atoms with Crippen molar-refractivity contribution in [3.05, 3.63) is 69.2 Å². The summed E-state index contributed by atoms with van der Waals surface area (Å²) in [6.45, 7) is 3.48. The van der Waals surface area contributed by atoms with Gasteiger partial charge in [0.2, 0.25) is 0 Å². The summed E-state index contributed by atoms with van der Waals surface area (Å²) in [6, 6.07) is 12.6. The van der Waals surface area contributed by atoms with Crippen LogP contribution >= 0.6 is 15.9 Å². The Morgan fingerprint density at radius 3 is 2.57 bits per heavy atom. The fourth-order valence-electron chi connectivity index (χ4n) is 1.91. The molecule has 0 saturated heterocycles. The van der Waals surface area contributed by atoms with Gasteiger partial charge >= 0.3 is 5.97 Å². The highest BCUT2D eigenvalue weighted by Gasteiger charge is 2.14. The van der Waals surface area contributed by atoms with E-state index < -0.39 is 5.97 Å². The van der Waals surface area contributed by atoms with E-state index in [-0.39, 0.29) is 12.4 Å². The largest absolute Gasteiger partial charge is 0.454 e. The number of rotatable bonds is 4. The number of ether oxygens (including phenoxy) is 1. The number of hydrogen-bond acceptors (Lipinski definition) is 3. The summed E-state index contributed by atoms with van der Waals surface area (Å²) in [7, 11) is 0. The number of esters is 1. The lowest BCUT2D eigenvalue weighted by molar-refractivity contribution is 0.0474. The number of carbonyl (C=O) groups is 2. The molecule has 0 N–H and O–H groups in total. The zero-order valence-corrected chi connectivity index (χ0v) is 13.4. The van der Waals surface area contributed by atoms with E-state index in [4.69, 9.17) is 4.74 Å². The van der Waals surface area contributed by atoms with Gasteiger partial charge in [0.15, 0.2) is 12.4 Å². The number of aryl methyl sites for hydroxylation is 2. The summed E-state index contributed by atoms with van der Waals surface area (Å²) in [5, 5.41) is 0. The van der Waals surface area contributed by atoms with Crippen molar-refractivity contribution in [1.29, 1.82) is 0 Å². The van der Waals surface area contributed by atoms with Crippen molar-refractivity contribution in [3.63, 3.8) is 0 Å². The Hall–Kier alpha value is -1.94. The molecule has 0 aliphatic carbocycles. The third-order valence-electron chi connectivity index (χ3n) is 3.09. The summed E-state index contributed by atoms with van der Waals surface area (Å²) in [5.41, 5.74) is 2.82. The smallest absolute Gasteiger partial charge is 0.338 e. The number of ketones is 1. The average molecular weight is 347 g/mol. The quantitative estimate of drug-likeness (QED) is 0.618. The Morgan fingerprint density at radius 1 is 1.10 bits per heavy atom. The van der Waals surface area contributed by atoms with Crippen LogP contribution in [0.4, 0.5) is 0 Å². The van der Waals surface area contributed by atoms with Crippen LogP contribution in [0, 0.1) is 13.8 Å². The van der Waals surface area contributed by atoms with Crippen molar-refractivity contribution in [1.82, 2.24) is 0 Å². The molecule has 4 heteroatoms. The van der Waals surface area contributed by atoms with Gasteiger partial charge in [-0.25, -0.2) is 4.79 Å². The normalized spacial score (nSPS) is 10.2. The van der Waals surface area contributed by atoms with Crippen molar-refractivity contribution >= 4 is 27.7 Å². The average Bonchev–Trinajstić information content (AvgIpc) is 2.47. The molecule has 0 aliphatic heterocycles. The molecular formula is C17H15BrO3. The molecule has 0 aromatic heterocycles.